The van der Waals surface area contributed by atoms with Gasteiger partial charge in [-0.1, -0.05) is 18.2 Å². The highest BCUT2D eigenvalue weighted by molar-refractivity contribution is 6.16. The van der Waals surface area contributed by atoms with Crippen LogP contribution in [-0.2, 0) is 0 Å². The van der Waals surface area contributed by atoms with E-state index < -0.39 is 0 Å². The second-order valence-corrected chi connectivity index (χ2v) is 4.69. The second kappa shape index (κ2) is 5.75. The minimum Gasteiger partial charge on any atom is -0.494 e. The third kappa shape index (κ3) is 2.63. The van der Waals surface area contributed by atoms with E-state index in [1.807, 2.05) is 43.3 Å². The summed E-state index contributed by atoms with van der Waals surface area (Å²) in [6, 6.07) is 14.8. The molecule has 104 valence electrons. The van der Waals surface area contributed by atoms with Crippen molar-refractivity contribution in [3.63, 3.8) is 0 Å². The van der Waals surface area contributed by atoms with Gasteiger partial charge in [-0.15, -0.1) is 0 Å². The molecule has 0 bridgehead atoms. The molecule has 3 heteroatoms. The average Bonchev–Trinajstić information content (AvgIpc) is 2.55. The Labute approximate surface area is 123 Å². The monoisotopic (exact) mass is 277 g/mol. The molecule has 1 heterocycles. The van der Waals surface area contributed by atoms with Gasteiger partial charge in [0.1, 0.15) is 5.75 Å². The summed E-state index contributed by atoms with van der Waals surface area (Å²) >= 11 is 0. The molecule has 0 amide bonds. The van der Waals surface area contributed by atoms with Gasteiger partial charge in [-0.2, -0.15) is 0 Å². The van der Waals surface area contributed by atoms with Crippen LogP contribution in [-0.4, -0.2) is 17.4 Å². The van der Waals surface area contributed by atoms with Crippen molar-refractivity contribution in [2.45, 2.75) is 6.92 Å². The predicted molar refractivity (Wildman–Crippen MR) is 82.8 cm³/mol. The number of hydrogen-bond donors (Lipinski definition) is 0. The molecule has 0 fully saturated rings. The molecule has 3 aromatic rings. The van der Waals surface area contributed by atoms with Crippen molar-refractivity contribution in [3.05, 3.63) is 72.1 Å². The molecule has 0 spiro atoms. The summed E-state index contributed by atoms with van der Waals surface area (Å²) in [7, 11) is 0. The smallest absolute Gasteiger partial charge is 0.193 e. The number of carbonyl (C=O) groups is 1. The first-order chi connectivity index (χ1) is 10.3. The molecular weight excluding hydrogens is 262 g/mol. The number of aromatic nitrogens is 1. The van der Waals surface area contributed by atoms with Crippen LogP contribution in [0.2, 0.25) is 0 Å². The van der Waals surface area contributed by atoms with Crippen LogP contribution in [0.1, 0.15) is 22.8 Å². The molecule has 2 aromatic carbocycles. The van der Waals surface area contributed by atoms with E-state index in [9.17, 15) is 4.79 Å². The third-order valence-electron chi connectivity index (χ3n) is 3.36. The molecular formula is C18H15NO2. The van der Waals surface area contributed by atoms with Crippen molar-refractivity contribution >= 4 is 16.6 Å². The standard InChI is InChI=1S/C18H15NO2/c1-2-21-15-8-6-14(7-9-15)18(20)16-5-3-4-13-10-11-19-12-17(13)16/h3-12H,2H2,1H3. The maximum absolute atomic E-state index is 12.7. The van der Waals surface area contributed by atoms with Crippen molar-refractivity contribution in [3.8, 4) is 5.75 Å². The van der Waals surface area contributed by atoms with E-state index in [4.69, 9.17) is 4.74 Å². The van der Waals surface area contributed by atoms with Crippen molar-refractivity contribution in [1.29, 1.82) is 0 Å². The van der Waals surface area contributed by atoms with Crippen molar-refractivity contribution < 1.29 is 9.53 Å². The van der Waals surface area contributed by atoms with Gasteiger partial charge in [0.15, 0.2) is 5.78 Å². The fourth-order valence-electron chi connectivity index (χ4n) is 2.34. The number of hydrogen-bond acceptors (Lipinski definition) is 3. The lowest BCUT2D eigenvalue weighted by molar-refractivity contribution is 0.104. The van der Waals surface area contributed by atoms with Crippen molar-refractivity contribution in [2.75, 3.05) is 6.61 Å². The highest BCUT2D eigenvalue weighted by Gasteiger charge is 2.12. The molecule has 0 radical (unpaired) electrons. The molecule has 0 aliphatic rings. The first-order valence-corrected chi connectivity index (χ1v) is 6.90. The van der Waals surface area contributed by atoms with Gasteiger partial charge in [0, 0.05) is 28.9 Å². The second-order valence-electron chi connectivity index (χ2n) is 4.69. The Balaban J connectivity index is 2.00. The van der Waals surface area contributed by atoms with E-state index >= 15 is 0 Å². The molecule has 1 aromatic heterocycles. The Morgan fingerprint density at radius 2 is 1.90 bits per heavy atom. The largest absolute Gasteiger partial charge is 0.494 e. The maximum atomic E-state index is 12.7. The zero-order valence-corrected chi connectivity index (χ0v) is 11.7. The minimum atomic E-state index is -0.00310. The number of fused-ring (bicyclic) bond motifs is 1. The van der Waals surface area contributed by atoms with Crippen LogP contribution < -0.4 is 4.74 Å². The lowest BCUT2D eigenvalue weighted by Crippen LogP contribution is -2.02. The van der Waals surface area contributed by atoms with Crippen molar-refractivity contribution in [2.24, 2.45) is 0 Å². The molecule has 0 aliphatic carbocycles. The van der Waals surface area contributed by atoms with Gasteiger partial charge in [0.05, 0.1) is 6.61 Å². The fourth-order valence-corrected chi connectivity index (χ4v) is 2.34. The zero-order valence-electron chi connectivity index (χ0n) is 11.7. The summed E-state index contributed by atoms with van der Waals surface area (Å²) in [5.74, 6) is 0.769. The Kier molecular flexibility index (Phi) is 3.65. The van der Waals surface area contributed by atoms with Crippen LogP contribution in [0.4, 0.5) is 0 Å². The molecule has 3 rings (SSSR count). The topological polar surface area (TPSA) is 39.2 Å². The van der Waals surface area contributed by atoms with Crippen LogP contribution in [0.15, 0.2) is 60.9 Å². The van der Waals surface area contributed by atoms with Gasteiger partial charge in [-0.05, 0) is 42.6 Å². The van der Waals surface area contributed by atoms with Gasteiger partial charge >= 0.3 is 0 Å². The number of benzene rings is 2. The van der Waals surface area contributed by atoms with Gasteiger partial charge in [-0.25, -0.2) is 0 Å². The number of carbonyl (C=O) groups excluding carboxylic acids is 1. The summed E-state index contributed by atoms with van der Waals surface area (Å²) < 4.78 is 5.40. The Bertz CT molecular complexity index is 773. The Morgan fingerprint density at radius 3 is 2.67 bits per heavy atom. The normalized spacial score (nSPS) is 10.5. The molecule has 0 N–H and O–H groups in total. The Morgan fingerprint density at radius 1 is 1.10 bits per heavy atom. The van der Waals surface area contributed by atoms with Gasteiger partial charge in [0.25, 0.3) is 0 Å². The summed E-state index contributed by atoms with van der Waals surface area (Å²) in [6.07, 6.45) is 3.46. The average molecular weight is 277 g/mol. The first-order valence-electron chi connectivity index (χ1n) is 6.90. The third-order valence-corrected chi connectivity index (χ3v) is 3.36. The summed E-state index contributed by atoms with van der Waals surface area (Å²) in [4.78, 5) is 16.8. The maximum Gasteiger partial charge on any atom is 0.193 e. The number of nitrogens with zero attached hydrogens (tertiary/aromatic N) is 1. The first kappa shape index (κ1) is 13.3. The molecule has 21 heavy (non-hydrogen) atoms. The highest BCUT2D eigenvalue weighted by Crippen LogP contribution is 2.21. The quantitative estimate of drug-likeness (QED) is 0.680. The SMILES string of the molecule is CCOc1ccc(C(=O)c2cccc3ccncc23)cc1. The molecule has 0 saturated heterocycles. The van der Waals surface area contributed by atoms with Gasteiger partial charge < -0.3 is 4.74 Å². The summed E-state index contributed by atoms with van der Waals surface area (Å²) in [6.45, 7) is 2.55. The van der Waals surface area contributed by atoms with Gasteiger partial charge in [0.2, 0.25) is 0 Å². The van der Waals surface area contributed by atoms with Crippen LogP contribution in [0.25, 0.3) is 10.8 Å². The molecule has 0 aliphatic heterocycles. The predicted octanol–water partition coefficient (Wildman–Crippen LogP) is 3.86. The highest BCUT2D eigenvalue weighted by atomic mass is 16.5. The van der Waals surface area contributed by atoms with Gasteiger partial charge in [-0.3, -0.25) is 9.78 Å². The van der Waals surface area contributed by atoms with Crippen molar-refractivity contribution in [1.82, 2.24) is 4.98 Å². The molecule has 0 atom stereocenters. The van der Waals surface area contributed by atoms with Crippen LogP contribution in [0, 0.1) is 0 Å². The summed E-state index contributed by atoms with van der Waals surface area (Å²) in [5, 5.41) is 1.89. The molecule has 3 nitrogen and oxygen atoms in total. The van der Waals surface area contributed by atoms with E-state index in [1.54, 1.807) is 24.5 Å². The molecule has 0 saturated carbocycles. The fraction of sp³-hybridized carbons (Fsp3) is 0.111. The van der Waals surface area contributed by atoms with E-state index in [2.05, 4.69) is 4.98 Å². The zero-order chi connectivity index (χ0) is 14.7. The van der Waals surface area contributed by atoms with E-state index in [0.29, 0.717) is 17.7 Å². The van der Waals surface area contributed by atoms with Crippen LogP contribution in [0.3, 0.4) is 0 Å². The Hall–Kier alpha value is -2.68. The van der Waals surface area contributed by atoms with E-state index in [-0.39, 0.29) is 5.78 Å². The van der Waals surface area contributed by atoms with Crippen LogP contribution >= 0.6 is 0 Å². The van der Waals surface area contributed by atoms with Crippen LogP contribution in [0.5, 0.6) is 5.75 Å². The van der Waals surface area contributed by atoms with E-state index in [0.717, 1.165) is 16.5 Å². The number of rotatable bonds is 4. The minimum absolute atomic E-state index is 0.00310. The summed E-state index contributed by atoms with van der Waals surface area (Å²) in [5.41, 5.74) is 1.32. The lowest BCUT2D eigenvalue weighted by Gasteiger charge is -2.07. The molecule has 0 unspecified atom stereocenters. The number of ether oxygens (including phenoxy) is 1. The number of ketones is 1. The lowest BCUT2D eigenvalue weighted by atomic mass is 9.98. The number of pyridine rings is 1. The van der Waals surface area contributed by atoms with E-state index in [1.165, 1.54) is 0 Å².